The number of hydrogen-bond donors (Lipinski definition) is 0. The highest BCUT2D eigenvalue weighted by atomic mass is 16.6. The molecule has 1 fully saturated rings. The summed E-state index contributed by atoms with van der Waals surface area (Å²) in [5, 5.41) is 0. The molecule has 0 N–H and O–H groups in total. The summed E-state index contributed by atoms with van der Waals surface area (Å²) in [5.41, 5.74) is 0.0222. The Morgan fingerprint density at radius 3 is 2.24 bits per heavy atom. The summed E-state index contributed by atoms with van der Waals surface area (Å²) in [6, 6.07) is 6.84. The van der Waals surface area contributed by atoms with Gasteiger partial charge < -0.3 is 19.1 Å². The highest BCUT2D eigenvalue weighted by Gasteiger charge is 2.27. The molecular formula is C19H27NO5. The molecule has 25 heavy (non-hydrogen) atoms. The zero-order chi connectivity index (χ0) is 18.4. The minimum absolute atomic E-state index is 0.265. The van der Waals surface area contributed by atoms with Gasteiger partial charge in [0.1, 0.15) is 11.4 Å². The predicted octanol–water partition coefficient (Wildman–Crippen LogP) is 3.50. The van der Waals surface area contributed by atoms with Gasteiger partial charge in [0.25, 0.3) is 0 Å². The molecule has 1 amide bonds. The Morgan fingerprint density at radius 1 is 1.12 bits per heavy atom. The number of piperidine rings is 1. The number of carbonyl (C=O) groups is 2. The molecule has 0 aromatic heterocycles. The van der Waals surface area contributed by atoms with Gasteiger partial charge in [-0.1, -0.05) is 0 Å². The highest BCUT2D eigenvalue weighted by molar-refractivity contribution is 5.89. The summed E-state index contributed by atoms with van der Waals surface area (Å²) in [5.74, 6) is 0.629. The summed E-state index contributed by atoms with van der Waals surface area (Å²) < 4.78 is 15.9. The minimum atomic E-state index is -0.484. The Hall–Kier alpha value is -2.24. The quantitative estimate of drug-likeness (QED) is 0.779. The molecule has 0 bridgehead atoms. The molecule has 0 radical (unpaired) electrons. The third-order valence-electron chi connectivity index (χ3n) is 4.04. The molecule has 1 aliphatic heterocycles. The monoisotopic (exact) mass is 349 g/mol. The number of carbonyl (C=O) groups excluding carboxylic acids is 2. The lowest BCUT2D eigenvalue weighted by Gasteiger charge is -2.33. The first-order valence-corrected chi connectivity index (χ1v) is 8.57. The second-order valence-electron chi connectivity index (χ2n) is 7.24. The molecule has 0 spiro atoms. The molecule has 2 rings (SSSR count). The number of amides is 1. The van der Waals surface area contributed by atoms with E-state index in [1.807, 2.05) is 20.8 Å². The maximum atomic E-state index is 12.1. The molecule has 1 saturated heterocycles. The van der Waals surface area contributed by atoms with Gasteiger partial charge in [0.15, 0.2) is 0 Å². The third-order valence-corrected chi connectivity index (χ3v) is 4.04. The van der Waals surface area contributed by atoms with Crippen molar-refractivity contribution in [2.24, 2.45) is 5.92 Å². The molecule has 6 nitrogen and oxygen atoms in total. The van der Waals surface area contributed by atoms with Crippen molar-refractivity contribution in [2.45, 2.75) is 39.2 Å². The molecule has 1 aromatic rings. The van der Waals surface area contributed by atoms with Crippen molar-refractivity contribution in [1.82, 2.24) is 4.90 Å². The van der Waals surface area contributed by atoms with Gasteiger partial charge in [0.05, 0.1) is 19.3 Å². The fraction of sp³-hybridized carbons (Fsp3) is 0.579. The number of likely N-dealkylation sites (tertiary alicyclic amines) is 1. The largest absolute Gasteiger partial charge is 0.497 e. The summed E-state index contributed by atoms with van der Waals surface area (Å²) in [4.78, 5) is 25.8. The van der Waals surface area contributed by atoms with Crippen molar-refractivity contribution < 1.29 is 23.8 Å². The lowest BCUT2D eigenvalue weighted by molar-refractivity contribution is 0.0115. The molecule has 0 unspecified atom stereocenters. The first-order chi connectivity index (χ1) is 11.8. The molecule has 138 valence electrons. The van der Waals surface area contributed by atoms with Crippen LogP contribution in [0.3, 0.4) is 0 Å². The van der Waals surface area contributed by atoms with Crippen LogP contribution in [0.15, 0.2) is 24.3 Å². The molecule has 0 aliphatic carbocycles. The van der Waals surface area contributed by atoms with E-state index in [4.69, 9.17) is 14.2 Å². The van der Waals surface area contributed by atoms with E-state index < -0.39 is 5.60 Å². The van der Waals surface area contributed by atoms with E-state index in [1.54, 1.807) is 36.3 Å². The summed E-state index contributed by atoms with van der Waals surface area (Å²) in [6.45, 7) is 7.19. The Labute approximate surface area is 149 Å². The molecule has 0 saturated carbocycles. The van der Waals surface area contributed by atoms with Crippen LogP contribution in [-0.2, 0) is 9.47 Å². The van der Waals surface area contributed by atoms with Crippen LogP contribution >= 0.6 is 0 Å². The van der Waals surface area contributed by atoms with E-state index in [0.717, 1.165) is 12.8 Å². The fourth-order valence-electron chi connectivity index (χ4n) is 2.61. The van der Waals surface area contributed by atoms with Crippen LogP contribution in [0.1, 0.15) is 44.0 Å². The van der Waals surface area contributed by atoms with Crippen LogP contribution in [-0.4, -0.2) is 49.4 Å². The average molecular weight is 349 g/mol. The topological polar surface area (TPSA) is 65.1 Å². The number of rotatable bonds is 4. The Balaban J connectivity index is 1.74. The lowest BCUT2D eigenvalue weighted by Crippen LogP contribution is -2.42. The van der Waals surface area contributed by atoms with Crippen molar-refractivity contribution in [3.63, 3.8) is 0 Å². The van der Waals surface area contributed by atoms with E-state index in [0.29, 0.717) is 31.0 Å². The fourth-order valence-corrected chi connectivity index (χ4v) is 2.61. The van der Waals surface area contributed by atoms with Crippen LogP contribution in [0, 0.1) is 5.92 Å². The highest BCUT2D eigenvalue weighted by Crippen LogP contribution is 2.20. The molecular weight excluding hydrogens is 322 g/mol. The number of benzene rings is 1. The Morgan fingerprint density at radius 2 is 1.72 bits per heavy atom. The van der Waals surface area contributed by atoms with Crippen LogP contribution in [0.25, 0.3) is 0 Å². The second kappa shape index (κ2) is 8.23. The smallest absolute Gasteiger partial charge is 0.410 e. The summed E-state index contributed by atoms with van der Waals surface area (Å²) in [7, 11) is 1.58. The van der Waals surface area contributed by atoms with Crippen LogP contribution in [0.2, 0.25) is 0 Å². The van der Waals surface area contributed by atoms with Crippen molar-refractivity contribution in [2.75, 3.05) is 26.8 Å². The molecule has 1 heterocycles. The van der Waals surface area contributed by atoms with Crippen LogP contribution in [0.5, 0.6) is 5.75 Å². The van der Waals surface area contributed by atoms with Crippen molar-refractivity contribution in [3.8, 4) is 5.75 Å². The molecule has 1 aromatic carbocycles. The van der Waals surface area contributed by atoms with Gasteiger partial charge in [0.2, 0.25) is 0 Å². The molecule has 1 aliphatic rings. The number of nitrogens with zero attached hydrogens (tertiary/aromatic N) is 1. The zero-order valence-corrected chi connectivity index (χ0v) is 15.4. The maximum Gasteiger partial charge on any atom is 0.410 e. The van der Waals surface area contributed by atoms with Crippen LogP contribution < -0.4 is 4.74 Å². The van der Waals surface area contributed by atoms with E-state index in [9.17, 15) is 9.59 Å². The second-order valence-corrected chi connectivity index (χ2v) is 7.24. The number of esters is 1. The van der Waals surface area contributed by atoms with Crippen molar-refractivity contribution in [1.29, 1.82) is 0 Å². The SMILES string of the molecule is COc1ccc(C(=O)OCC2CCN(C(=O)OC(C)(C)C)CC2)cc1. The maximum absolute atomic E-state index is 12.1. The van der Waals surface area contributed by atoms with Gasteiger partial charge in [-0.3, -0.25) is 0 Å². The third kappa shape index (κ3) is 5.96. The van der Waals surface area contributed by atoms with Gasteiger partial charge in [-0.05, 0) is 63.8 Å². The Bertz CT molecular complexity index is 583. The van der Waals surface area contributed by atoms with Gasteiger partial charge in [-0.2, -0.15) is 0 Å². The number of ether oxygens (including phenoxy) is 3. The summed E-state index contributed by atoms with van der Waals surface area (Å²) in [6.07, 6.45) is 1.32. The van der Waals surface area contributed by atoms with E-state index in [1.165, 1.54) is 0 Å². The predicted molar refractivity (Wildman–Crippen MR) is 93.8 cm³/mol. The average Bonchev–Trinajstić information content (AvgIpc) is 2.58. The first-order valence-electron chi connectivity index (χ1n) is 8.57. The normalized spacial score (nSPS) is 15.6. The number of methoxy groups -OCH3 is 1. The van der Waals surface area contributed by atoms with Gasteiger partial charge in [-0.15, -0.1) is 0 Å². The zero-order valence-electron chi connectivity index (χ0n) is 15.4. The van der Waals surface area contributed by atoms with Crippen molar-refractivity contribution >= 4 is 12.1 Å². The first kappa shape index (κ1) is 19.1. The van der Waals surface area contributed by atoms with Gasteiger partial charge >= 0.3 is 12.1 Å². The molecule has 6 heteroatoms. The van der Waals surface area contributed by atoms with E-state index in [2.05, 4.69) is 0 Å². The van der Waals surface area contributed by atoms with Crippen molar-refractivity contribution in [3.05, 3.63) is 29.8 Å². The minimum Gasteiger partial charge on any atom is -0.497 e. The standard InChI is InChI=1S/C19H27NO5/c1-19(2,3)25-18(22)20-11-9-14(10-12-20)13-24-17(21)15-5-7-16(23-4)8-6-15/h5-8,14H,9-13H2,1-4H3. The molecule has 0 atom stereocenters. The Kier molecular flexibility index (Phi) is 6.28. The summed E-state index contributed by atoms with van der Waals surface area (Å²) >= 11 is 0. The number of hydrogen-bond acceptors (Lipinski definition) is 5. The van der Waals surface area contributed by atoms with Gasteiger partial charge in [-0.25, -0.2) is 9.59 Å². The van der Waals surface area contributed by atoms with Gasteiger partial charge in [0, 0.05) is 13.1 Å². The lowest BCUT2D eigenvalue weighted by atomic mass is 9.98. The van der Waals surface area contributed by atoms with E-state index in [-0.39, 0.29) is 18.0 Å². The van der Waals surface area contributed by atoms with Crippen LogP contribution in [0.4, 0.5) is 4.79 Å². The van der Waals surface area contributed by atoms with E-state index >= 15 is 0 Å².